The molecule has 0 amide bonds. The van der Waals surface area contributed by atoms with Gasteiger partial charge in [-0.05, 0) is 106 Å². The summed E-state index contributed by atoms with van der Waals surface area (Å²) in [5.41, 5.74) is 10.1. The topological polar surface area (TPSA) is 0 Å². The molecule has 0 fully saturated rings. The molecule has 278 valence electrons. The lowest BCUT2D eigenvalue weighted by molar-refractivity contribution is 1.61. The van der Waals surface area contributed by atoms with Crippen LogP contribution in [0.2, 0.25) is 0 Å². The molecule has 0 aliphatic heterocycles. The minimum atomic E-state index is 1.23. The first kappa shape index (κ1) is 33.8. The van der Waals surface area contributed by atoms with E-state index in [1.165, 1.54) is 128 Å². The first-order valence-electron chi connectivity index (χ1n) is 20.6. The van der Waals surface area contributed by atoms with Crippen LogP contribution in [0.15, 0.2) is 206 Å². The highest BCUT2D eigenvalue weighted by Gasteiger charge is 2.22. The summed E-state index contributed by atoms with van der Waals surface area (Å²) >= 11 is 3.84. The molecule has 0 aliphatic rings. The Morgan fingerprint density at radius 2 is 0.717 bits per heavy atom. The normalized spacial score (nSPS) is 12.0. The van der Waals surface area contributed by atoms with Gasteiger partial charge >= 0.3 is 0 Å². The maximum absolute atomic E-state index is 2.45. The smallest absolute Gasteiger partial charge is 0.0440 e. The summed E-state index contributed by atoms with van der Waals surface area (Å²) in [6.07, 6.45) is 0. The van der Waals surface area contributed by atoms with Crippen LogP contribution in [0.5, 0.6) is 0 Å². The lowest BCUT2D eigenvalue weighted by Gasteiger charge is -2.20. The maximum Gasteiger partial charge on any atom is 0.0440 e. The van der Waals surface area contributed by atoms with Gasteiger partial charge in [0.2, 0.25) is 0 Å². The molecule has 0 nitrogen and oxygen atoms in total. The van der Waals surface area contributed by atoms with Crippen LogP contribution in [-0.4, -0.2) is 0 Å². The summed E-state index contributed by atoms with van der Waals surface area (Å²) in [6.45, 7) is 0. The van der Waals surface area contributed by atoms with E-state index in [0.717, 1.165) is 0 Å². The molecule has 13 aromatic rings. The van der Waals surface area contributed by atoms with Crippen molar-refractivity contribution in [3.63, 3.8) is 0 Å². The van der Waals surface area contributed by atoms with Gasteiger partial charge in [0.05, 0.1) is 0 Å². The van der Waals surface area contributed by atoms with Crippen LogP contribution < -0.4 is 0 Å². The van der Waals surface area contributed by atoms with Crippen LogP contribution in [-0.2, 0) is 0 Å². The third-order valence-corrected chi connectivity index (χ3v) is 15.0. The van der Waals surface area contributed by atoms with E-state index >= 15 is 0 Å². The second kappa shape index (κ2) is 13.2. The maximum atomic E-state index is 2.45. The average Bonchev–Trinajstić information content (AvgIpc) is 3.88. The van der Waals surface area contributed by atoms with E-state index in [-0.39, 0.29) is 0 Å². The molecule has 2 aromatic heterocycles. The Morgan fingerprint density at radius 3 is 1.38 bits per heavy atom. The van der Waals surface area contributed by atoms with Gasteiger partial charge in [-0.3, -0.25) is 0 Å². The third-order valence-electron chi connectivity index (χ3n) is 12.7. The van der Waals surface area contributed by atoms with E-state index in [4.69, 9.17) is 0 Å². The van der Waals surface area contributed by atoms with Gasteiger partial charge in [0.25, 0.3) is 0 Å². The minimum Gasteiger partial charge on any atom is -0.135 e. The van der Waals surface area contributed by atoms with Crippen LogP contribution in [0.1, 0.15) is 0 Å². The molecule has 0 radical (unpaired) electrons. The predicted molar refractivity (Wildman–Crippen MR) is 264 cm³/mol. The Balaban J connectivity index is 1.08. The molecule has 0 N–H and O–H groups in total. The molecule has 11 aromatic carbocycles. The highest BCUT2D eigenvalue weighted by Crippen LogP contribution is 2.52. The molecule has 2 heterocycles. The van der Waals surface area contributed by atoms with Crippen LogP contribution in [0, 0.1) is 0 Å². The van der Waals surface area contributed by atoms with Crippen molar-refractivity contribution >= 4 is 106 Å². The van der Waals surface area contributed by atoms with Gasteiger partial charge in [-0.2, -0.15) is 0 Å². The molecule has 13 rings (SSSR count). The fourth-order valence-electron chi connectivity index (χ4n) is 10.1. The van der Waals surface area contributed by atoms with Gasteiger partial charge in [-0.15, -0.1) is 22.7 Å². The zero-order valence-electron chi connectivity index (χ0n) is 32.4. The van der Waals surface area contributed by atoms with Gasteiger partial charge in [0.1, 0.15) is 0 Å². The predicted octanol–water partition coefficient (Wildman–Crippen LogP) is 17.7. The van der Waals surface area contributed by atoms with Gasteiger partial charge in [0.15, 0.2) is 0 Å². The summed E-state index contributed by atoms with van der Waals surface area (Å²) in [5.74, 6) is 0. The van der Waals surface area contributed by atoms with Crippen LogP contribution in [0.4, 0.5) is 0 Å². The molecule has 0 aliphatic carbocycles. The van der Waals surface area contributed by atoms with E-state index in [9.17, 15) is 0 Å². The Bertz CT molecular complexity index is 3810. The summed E-state index contributed by atoms with van der Waals surface area (Å²) in [6, 6.07) is 76.7. The minimum absolute atomic E-state index is 1.23. The van der Waals surface area contributed by atoms with Crippen molar-refractivity contribution in [2.45, 2.75) is 0 Å². The zero-order valence-corrected chi connectivity index (χ0v) is 34.1. The zero-order chi connectivity index (χ0) is 39.3. The lowest BCUT2D eigenvalue weighted by atomic mass is 9.83. The van der Waals surface area contributed by atoms with E-state index < -0.39 is 0 Å². The van der Waals surface area contributed by atoms with E-state index in [1.54, 1.807) is 0 Å². The standard InChI is InChI=1S/C58H34S2/c1-2-14-35(15-3-1)36-26-28-37(29-27-36)53-42-20-8-10-22-44(42)54(45-23-11-9-21-43(45)53)46-30-31-47(41-19-7-6-18-40(41)46)55-39-17-5-4-16-38(39)34-49-57-52(60-58(49)55)33-32-51-56(57)48-24-12-13-25-50(48)59-51/h1-34H. The van der Waals surface area contributed by atoms with Crippen molar-refractivity contribution < 1.29 is 0 Å². The van der Waals surface area contributed by atoms with Gasteiger partial charge < -0.3 is 0 Å². The molecule has 0 saturated heterocycles. The monoisotopic (exact) mass is 794 g/mol. The lowest BCUT2D eigenvalue weighted by Crippen LogP contribution is -1.93. The Hall–Kier alpha value is -7.10. The highest BCUT2D eigenvalue weighted by molar-refractivity contribution is 7.28. The average molecular weight is 795 g/mol. The van der Waals surface area contributed by atoms with E-state index in [1.807, 2.05) is 22.7 Å². The molecule has 0 unspecified atom stereocenters. The summed E-state index contributed by atoms with van der Waals surface area (Å²) in [7, 11) is 0. The van der Waals surface area contributed by atoms with Crippen LogP contribution in [0.25, 0.3) is 128 Å². The Morgan fingerprint density at radius 1 is 0.250 bits per heavy atom. The fourth-order valence-corrected chi connectivity index (χ4v) is 12.4. The quantitative estimate of drug-likeness (QED) is 0.156. The molecule has 0 spiro atoms. The van der Waals surface area contributed by atoms with Gasteiger partial charge in [-0.1, -0.05) is 182 Å². The SMILES string of the molecule is c1ccc(-c2ccc(-c3c4ccccc4c(-c4ccc(-c5c6ccccc6cc6c5sc5ccc7sc8ccccc8c7c56)c5ccccc45)c4ccccc34)cc2)cc1. The van der Waals surface area contributed by atoms with E-state index in [0.29, 0.717) is 0 Å². The number of rotatable bonds is 4. The van der Waals surface area contributed by atoms with Gasteiger partial charge in [-0.25, -0.2) is 0 Å². The largest absolute Gasteiger partial charge is 0.135 e. The molecule has 0 atom stereocenters. The third kappa shape index (κ3) is 4.96. The van der Waals surface area contributed by atoms with Crippen molar-refractivity contribution in [3.05, 3.63) is 206 Å². The number of thiophene rings is 2. The molecule has 0 saturated carbocycles. The molecule has 2 heteroatoms. The fraction of sp³-hybridized carbons (Fsp3) is 0. The number of hydrogen-bond donors (Lipinski definition) is 0. The van der Waals surface area contributed by atoms with Crippen molar-refractivity contribution in [1.29, 1.82) is 0 Å². The Labute approximate surface area is 354 Å². The highest BCUT2D eigenvalue weighted by atomic mass is 32.1. The number of fused-ring (bicyclic) bond motifs is 11. The van der Waals surface area contributed by atoms with Crippen LogP contribution >= 0.6 is 22.7 Å². The number of benzene rings is 11. The van der Waals surface area contributed by atoms with Gasteiger partial charge in [0, 0.05) is 45.9 Å². The molecular weight excluding hydrogens is 761 g/mol. The van der Waals surface area contributed by atoms with Crippen molar-refractivity contribution in [3.8, 4) is 44.5 Å². The first-order chi connectivity index (χ1) is 29.8. The van der Waals surface area contributed by atoms with Crippen LogP contribution in [0.3, 0.4) is 0 Å². The summed E-state index contributed by atoms with van der Waals surface area (Å²) < 4.78 is 5.38. The first-order valence-corrected chi connectivity index (χ1v) is 22.2. The molecule has 0 bridgehead atoms. The second-order valence-electron chi connectivity index (χ2n) is 15.9. The van der Waals surface area contributed by atoms with Crippen molar-refractivity contribution in [2.24, 2.45) is 0 Å². The molecular formula is C58H34S2. The van der Waals surface area contributed by atoms with E-state index in [2.05, 4.69) is 206 Å². The van der Waals surface area contributed by atoms with Crippen molar-refractivity contribution in [1.82, 2.24) is 0 Å². The Kier molecular flexibility index (Phi) is 7.45. The summed E-state index contributed by atoms with van der Waals surface area (Å²) in [5, 5.41) is 15.6. The molecule has 60 heavy (non-hydrogen) atoms. The summed E-state index contributed by atoms with van der Waals surface area (Å²) in [4.78, 5) is 0. The van der Waals surface area contributed by atoms with Crippen molar-refractivity contribution in [2.75, 3.05) is 0 Å². The number of hydrogen-bond acceptors (Lipinski definition) is 2. The second-order valence-corrected chi connectivity index (χ2v) is 18.0.